The van der Waals surface area contributed by atoms with E-state index in [2.05, 4.69) is 438 Å². The van der Waals surface area contributed by atoms with Crippen molar-refractivity contribution in [2.75, 3.05) is 0 Å². The van der Waals surface area contributed by atoms with E-state index in [-0.39, 0.29) is 0 Å². The van der Waals surface area contributed by atoms with E-state index in [0.717, 1.165) is 76.7 Å². The summed E-state index contributed by atoms with van der Waals surface area (Å²) in [6.07, 6.45) is 0. The Kier molecular flexibility index (Phi) is 15.8. The minimum atomic E-state index is -3.17. The summed E-state index contributed by atoms with van der Waals surface area (Å²) >= 11 is 0. The summed E-state index contributed by atoms with van der Waals surface area (Å²) in [7, 11) is -9.29. The SMILES string of the molecule is c1ccc(-n2c3ccccc3c3c2ccc2c4ccc([Si](c5ccccc5)(c5ccccc5)c5ccccc5)cc4n(-c4nc(-c5cccc([Si](c6ccccc6)(c6ccccc6)c6ccccc6)c5)nc(-n5c6ccccc6c6cc([Si](c7ccccc7)(c7ccccc7)c7ccccc7)ccc65)n4)c23)cc1. The van der Waals surface area contributed by atoms with Crippen molar-refractivity contribution in [2.45, 2.75) is 0 Å². The third kappa shape index (κ3) is 10.1. The van der Waals surface area contributed by atoms with Crippen molar-refractivity contribution in [3.63, 3.8) is 0 Å². The van der Waals surface area contributed by atoms with Gasteiger partial charge in [-0.3, -0.25) is 9.13 Å². The largest absolute Gasteiger partial charge is 0.309 e. The van der Waals surface area contributed by atoms with Crippen LogP contribution in [0.25, 0.3) is 94.4 Å². The zero-order valence-electron chi connectivity index (χ0n) is 59.1. The fourth-order valence-electron chi connectivity index (χ4n) is 18.0. The summed E-state index contributed by atoms with van der Waals surface area (Å²) in [6.45, 7) is 0. The normalized spacial score (nSPS) is 12.1. The van der Waals surface area contributed by atoms with E-state index < -0.39 is 24.2 Å². The molecule has 6 nitrogen and oxygen atoms in total. The Morgan fingerprint density at radius 2 is 0.509 bits per heavy atom. The summed E-state index contributed by atoms with van der Waals surface area (Å²) in [5.41, 5.74) is 8.10. The number of benzene rings is 16. The second-order valence-electron chi connectivity index (χ2n) is 28.1. The molecule has 0 unspecified atom stereocenters. The molecule has 9 heteroatoms. The highest BCUT2D eigenvalue weighted by molar-refractivity contribution is 7.21. The van der Waals surface area contributed by atoms with E-state index >= 15 is 0 Å². The van der Waals surface area contributed by atoms with Crippen LogP contribution in [-0.4, -0.2) is 52.9 Å². The second-order valence-corrected chi connectivity index (χ2v) is 39.5. The minimum Gasteiger partial charge on any atom is -0.309 e. The lowest BCUT2D eigenvalue weighted by Gasteiger charge is -2.34. The van der Waals surface area contributed by atoms with Crippen LogP contribution in [-0.2, 0) is 0 Å². The highest BCUT2D eigenvalue weighted by Crippen LogP contribution is 2.43. The first-order valence-electron chi connectivity index (χ1n) is 37.1. The van der Waals surface area contributed by atoms with Gasteiger partial charge in [-0.15, -0.1) is 0 Å². The fourth-order valence-corrected chi connectivity index (χ4v) is 32.4. The Labute approximate surface area is 629 Å². The summed E-state index contributed by atoms with van der Waals surface area (Å²) < 4.78 is 7.15. The van der Waals surface area contributed by atoms with Crippen LogP contribution in [0.1, 0.15) is 0 Å². The Morgan fingerprint density at radius 1 is 0.185 bits per heavy atom. The van der Waals surface area contributed by atoms with Crippen molar-refractivity contribution in [3.05, 3.63) is 425 Å². The lowest BCUT2D eigenvalue weighted by Crippen LogP contribution is -2.74. The van der Waals surface area contributed by atoms with Gasteiger partial charge in [-0.1, -0.05) is 382 Å². The van der Waals surface area contributed by atoms with Gasteiger partial charge in [-0.25, -0.2) is 0 Å². The van der Waals surface area contributed by atoms with Crippen molar-refractivity contribution in [1.82, 2.24) is 28.7 Å². The Hall–Kier alpha value is -13.4. The number of para-hydroxylation sites is 3. The van der Waals surface area contributed by atoms with E-state index in [9.17, 15) is 0 Å². The molecule has 0 N–H and O–H groups in total. The minimum absolute atomic E-state index is 0.497. The van der Waals surface area contributed by atoms with Gasteiger partial charge in [0.1, 0.15) is 0 Å². The van der Waals surface area contributed by atoms with Crippen LogP contribution in [0, 0.1) is 0 Å². The van der Waals surface area contributed by atoms with E-state index in [1.54, 1.807) is 0 Å². The highest BCUT2D eigenvalue weighted by Gasteiger charge is 2.45. The molecule has 0 aliphatic carbocycles. The van der Waals surface area contributed by atoms with Gasteiger partial charge in [-0.05, 0) is 105 Å². The van der Waals surface area contributed by atoms with E-state index in [4.69, 9.17) is 15.0 Å². The fraction of sp³-hybridized carbons (Fsp3) is 0. The summed E-state index contributed by atoms with van der Waals surface area (Å²) in [4.78, 5) is 18.1. The van der Waals surface area contributed by atoms with Crippen LogP contribution in [0.2, 0.25) is 0 Å². The van der Waals surface area contributed by atoms with Gasteiger partial charge in [0.2, 0.25) is 11.9 Å². The molecular weight excluding hydrogens is 1360 g/mol. The molecule has 0 spiro atoms. The van der Waals surface area contributed by atoms with Gasteiger partial charge < -0.3 is 4.57 Å². The smallest absolute Gasteiger partial charge is 0.240 e. The molecule has 0 saturated heterocycles. The molecule has 0 aliphatic rings. The number of nitrogens with zero attached hydrogens (tertiary/aromatic N) is 6. The molecule has 0 amide bonds. The first-order chi connectivity index (χ1) is 53.6. The first kappa shape index (κ1) is 64.2. The zero-order chi connectivity index (χ0) is 71.6. The topological polar surface area (TPSA) is 53.5 Å². The maximum absolute atomic E-state index is 6.12. The molecular formula is C99H70N6Si3. The first-order valence-corrected chi connectivity index (χ1v) is 43.1. The van der Waals surface area contributed by atoms with Crippen LogP contribution in [0.3, 0.4) is 0 Å². The van der Waals surface area contributed by atoms with Crippen LogP contribution in [0.5, 0.6) is 0 Å². The second kappa shape index (κ2) is 26.6. The standard InChI is InChI=1S/C99H70N6Si3/c1-11-37-72(38-12-1)103-91-61-34-32-59-88(91)95-93(103)67-65-87-86-64-62-84(108(79-51-25-8-26-52-79,80-53-27-9-28-54-80)81-55-29-10-30-56-81)70-94(86)105(96(87)95)99-101-97(71-36-35-57-82(68-71)106(73-39-13-2-14-40-73,74-41-15-3-16-42-74)75-43-17-4-18-44-75)100-98(102-99)104-90-60-33-31-58-85(90)89-69-83(63-66-92(89)104)107(76-45-19-5-20-46-76,77-47-21-6-22-48-77)78-49-23-7-24-50-78/h1-70H. The van der Waals surface area contributed by atoms with Gasteiger partial charge in [0, 0.05) is 43.6 Å². The monoisotopic (exact) mass is 1430 g/mol. The molecule has 16 aromatic carbocycles. The number of hydrogen-bond acceptors (Lipinski definition) is 3. The predicted octanol–water partition coefficient (Wildman–Crippen LogP) is 15.0. The quantitative estimate of drug-likeness (QED) is 0.0716. The van der Waals surface area contributed by atoms with Crippen LogP contribution < -0.4 is 62.2 Å². The van der Waals surface area contributed by atoms with Crippen molar-refractivity contribution in [1.29, 1.82) is 0 Å². The van der Waals surface area contributed by atoms with Gasteiger partial charge in [0.05, 0.1) is 33.1 Å². The Bertz CT molecular complexity index is 6410. The van der Waals surface area contributed by atoms with Crippen LogP contribution in [0.15, 0.2) is 425 Å². The molecule has 0 saturated carbocycles. The Balaban J connectivity index is 0.933. The van der Waals surface area contributed by atoms with Gasteiger partial charge in [0.15, 0.2) is 30.0 Å². The molecule has 4 aromatic heterocycles. The maximum Gasteiger partial charge on any atom is 0.240 e. The molecule has 0 bridgehead atoms. The van der Waals surface area contributed by atoms with E-state index in [1.165, 1.54) is 62.2 Å². The third-order valence-electron chi connectivity index (χ3n) is 22.5. The van der Waals surface area contributed by atoms with Crippen molar-refractivity contribution < 1.29 is 0 Å². The molecule has 20 aromatic rings. The van der Waals surface area contributed by atoms with Crippen LogP contribution >= 0.6 is 0 Å². The summed E-state index contributed by atoms with van der Waals surface area (Å²) in [5, 5.41) is 22.0. The number of hydrogen-bond donors (Lipinski definition) is 0. The molecule has 4 heterocycles. The lowest BCUT2D eigenvalue weighted by molar-refractivity contribution is 0.894. The maximum atomic E-state index is 6.12. The van der Waals surface area contributed by atoms with Gasteiger partial charge >= 0.3 is 0 Å². The summed E-state index contributed by atoms with van der Waals surface area (Å²) in [5.74, 6) is 1.55. The third-order valence-corrected chi connectivity index (χ3v) is 36.9. The molecule has 0 atom stereocenters. The van der Waals surface area contributed by atoms with Crippen molar-refractivity contribution in [2.24, 2.45) is 0 Å². The average Bonchev–Trinajstić information content (AvgIpc) is 1.49. The van der Waals surface area contributed by atoms with E-state index in [0.29, 0.717) is 17.7 Å². The van der Waals surface area contributed by atoms with Crippen molar-refractivity contribution in [3.8, 4) is 29.0 Å². The summed E-state index contributed by atoms with van der Waals surface area (Å²) in [6, 6.07) is 158. The number of aromatic nitrogens is 6. The van der Waals surface area contributed by atoms with Crippen molar-refractivity contribution >= 4 is 152 Å². The van der Waals surface area contributed by atoms with Gasteiger partial charge in [-0.2, -0.15) is 15.0 Å². The van der Waals surface area contributed by atoms with Gasteiger partial charge in [0.25, 0.3) is 0 Å². The van der Waals surface area contributed by atoms with Crippen LogP contribution in [0.4, 0.5) is 0 Å². The molecule has 20 rings (SSSR count). The zero-order valence-corrected chi connectivity index (χ0v) is 62.1. The molecule has 0 radical (unpaired) electrons. The number of fused-ring (bicyclic) bond motifs is 10. The molecule has 108 heavy (non-hydrogen) atoms. The lowest BCUT2D eigenvalue weighted by atomic mass is 10.1. The highest BCUT2D eigenvalue weighted by atomic mass is 28.3. The average molecular weight is 1430 g/mol. The molecule has 0 aliphatic heterocycles. The molecule has 0 fully saturated rings. The Morgan fingerprint density at radius 3 is 0.963 bits per heavy atom. The van der Waals surface area contributed by atoms with E-state index in [1.807, 2.05) is 0 Å². The number of rotatable bonds is 16. The predicted molar refractivity (Wildman–Crippen MR) is 459 cm³/mol. The molecule has 508 valence electrons.